The molecule has 5 nitrogen and oxygen atoms in total. The summed E-state index contributed by atoms with van der Waals surface area (Å²) in [7, 11) is 0. The maximum absolute atomic E-state index is 11.0. The minimum atomic E-state index is -1.02. The summed E-state index contributed by atoms with van der Waals surface area (Å²) < 4.78 is 5.95. The van der Waals surface area contributed by atoms with Crippen molar-refractivity contribution in [1.29, 1.82) is 0 Å². The molecule has 1 aliphatic heterocycles. The van der Waals surface area contributed by atoms with Crippen molar-refractivity contribution in [2.24, 2.45) is 0 Å². The van der Waals surface area contributed by atoms with Crippen LogP contribution in [0.3, 0.4) is 0 Å². The van der Waals surface area contributed by atoms with E-state index in [9.17, 15) is 5.11 Å². The fourth-order valence-corrected chi connectivity index (χ4v) is 4.17. The Hall–Kier alpha value is -2.63. The monoisotopic (exact) mass is 391 g/mol. The van der Waals surface area contributed by atoms with Crippen LogP contribution in [0.25, 0.3) is 10.9 Å². The summed E-state index contributed by atoms with van der Waals surface area (Å²) in [5.74, 6) is 0.750. The molecular formula is C24H29N3O2. The highest BCUT2D eigenvalue weighted by Crippen LogP contribution is 2.27. The van der Waals surface area contributed by atoms with Gasteiger partial charge < -0.3 is 14.7 Å². The average molecular weight is 392 g/mol. The van der Waals surface area contributed by atoms with E-state index in [-0.39, 0.29) is 6.61 Å². The Bertz CT molecular complexity index is 974. The molecule has 1 aromatic heterocycles. The number of nitrogens with zero attached hydrogens (tertiary/aromatic N) is 3. The van der Waals surface area contributed by atoms with Gasteiger partial charge in [0.2, 0.25) is 0 Å². The number of aromatic nitrogens is 1. The van der Waals surface area contributed by atoms with E-state index in [1.54, 1.807) is 6.20 Å². The van der Waals surface area contributed by atoms with E-state index >= 15 is 0 Å². The van der Waals surface area contributed by atoms with Crippen LogP contribution < -0.4 is 9.64 Å². The molecule has 2 heterocycles. The van der Waals surface area contributed by atoms with Crippen molar-refractivity contribution in [2.75, 3.05) is 37.7 Å². The first-order valence-corrected chi connectivity index (χ1v) is 10.2. The molecule has 5 heteroatoms. The topological polar surface area (TPSA) is 48.8 Å². The standard InChI is InChI=1S/C24H29N3O2/c1-18-6-4-7-19(2)23(18)26-12-14-27(15-13-26)24(3,28)17-29-21-9-10-22-20(16-21)8-5-11-25-22/h4-11,16,28H,12-15,17H2,1-3H3. The molecular weight excluding hydrogens is 362 g/mol. The molecule has 4 rings (SSSR count). The van der Waals surface area contributed by atoms with Crippen LogP contribution in [-0.4, -0.2) is 53.5 Å². The Morgan fingerprint density at radius 1 is 1.00 bits per heavy atom. The van der Waals surface area contributed by atoms with Crippen molar-refractivity contribution >= 4 is 16.6 Å². The highest BCUT2D eigenvalue weighted by Gasteiger charge is 2.33. The second-order valence-electron chi connectivity index (χ2n) is 8.08. The highest BCUT2D eigenvalue weighted by atomic mass is 16.5. The van der Waals surface area contributed by atoms with Crippen LogP contribution in [0, 0.1) is 13.8 Å². The molecule has 29 heavy (non-hydrogen) atoms. The zero-order valence-corrected chi connectivity index (χ0v) is 17.4. The zero-order chi connectivity index (χ0) is 20.4. The minimum absolute atomic E-state index is 0.224. The number of fused-ring (bicyclic) bond motifs is 1. The number of ether oxygens (including phenoxy) is 1. The van der Waals surface area contributed by atoms with E-state index in [0.29, 0.717) is 0 Å². The van der Waals surface area contributed by atoms with Gasteiger partial charge in [0, 0.05) is 43.4 Å². The van der Waals surface area contributed by atoms with Crippen LogP contribution in [0.2, 0.25) is 0 Å². The molecule has 0 amide bonds. The summed E-state index contributed by atoms with van der Waals surface area (Å²) in [4.78, 5) is 8.87. The Morgan fingerprint density at radius 3 is 2.45 bits per heavy atom. The number of anilines is 1. The van der Waals surface area contributed by atoms with Crippen molar-refractivity contribution in [1.82, 2.24) is 9.88 Å². The molecule has 0 aliphatic carbocycles. The number of aryl methyl sites for hydroxylation is 2. The predicted octanol–water partition coefficient (Wildman–Crippen LogP) is 3.76. The molecule has 152 valence electrons. The number of hydrogen-bond acceptors (Lipinski definition) is 5. The van der Waals surface area contributed by atoms with Gasteiger partial charge >= 0.3 is 0 Å². The zero-order valence-electron chi connectivity index (χ0n) is 17.4. The van der Waals surface area contributed by atoms with E-state index in [0.717, 1.165) is 42.8 Å². The molecule has 0 spiro atoms. The lowest BCUT2D eigenvalue weighted by Crippen LogP contribution is -2.58. The molecule has 1 N–H and O–H groups in total. The number of piperazine rings is 1. The van der Waals surface area contributed by atoms with Crippen LogP contribution in [-0.2, 0) is 0 Å². The second-order valence-corrected chi connectivity index (χ2v) is 8.08. The number of rotatable bonds is 5. The predicted molar refractivity (Wildman–Crippen MR) is 118 cm³/mol. The highest BCUT2D eigenvalue weighted by molar-refractivity contribution is 5.79. The lowest BCUT2D eigenvalue weighted by atomic mass is 10.1. The molecule has 1 saturated heterocycles. The van der Waals surface area contributed by atoms with Crippen LogP contribution in [0.1, 0.15) is 18.1 Å². The quantitative estimate of drug-likeness (QED) is 0.718. The van der Waals surface area contributed by atoms with Gasteiger partial charge in [0.05, 0.1) is 5.52 Å². The normalized spacial score (nSPS) is 17.3. The largest absolute Gasteiger partial charge is 0.489 e. The number of hydrogen-bond donors (Lipinski definition) is 1. The third-order valence-corrected chi connectivity index (χ3v) is 5.80. The Morgan fingerprint density at radius 2 is 1.72 bits per heavy atom. The third kappa shape index (κ3) is 4.21. The van der Waals surface area contributed by atoms with Crippen LogP contribution >= 0.6 is 0 Å². The van der Waals surface area contributed by atoms with Gasteiger partial charge in [-0.1, -0.05) is 24.3 Å². The lowest BCUT2D eigenvalue weighted by molar-refractivity contribution is -0.120. The van der Waals surface area contributed by atoms with Gasteiger partial charge in [0.15, 0.2) is 0 Å². The van der Waals surface area contributed by atoms with E-state index < -0.39 is 5.72 Å². The molecule has 1 unspecified atom stereocenters. The number of para-hydroxylation sites is 1. The fourth-order valence-electron chi connectivity index (χ4n) is 4.17. The number of pyridine rings is 1. The lowest BCUT2D eigenvalue weighted by Gasteiger charge is -2.43. The van der Waals surface area contributed by atoms with E-state index in [1.165, 1.54) is 16.8 Å². The van der Waals surface area contributed by atoms with E-state index in [2.05, 4.69) is 46.8 Å². The van der Waals surface area contributed by atoms with Crippen molar-refractivity contribution in [2.45, 2.75) is 26.5 Å². The van der Waals surface area contributed by atoms with Gasteiger partial charge in [0.1, 0.15) is 18.1 Å². The van der Waals surface area contributed by atoms with Gasteiger partial charge in [-0.3, -0.25) is 9.88 Å². The van der Waals surface area contributed by atoms with Crippen LogP contribution in [0.15, 0.2) is 54.7 Å². The molecule has 1 atom stereocenters. The fraction of sp³-hybridized carbons (Fsp3) is 0.375. The first kappa shape index (κ1) is 19.7. The van der Waals surface area contributed by atoms with E-state index in [1.807, 2.05) is 37.3 Å². The smallest absolute Gasteiger partial charge is 0.150 e. The Kier molecular flexibility index (Phi) is 5.43. The van der Waals surface area contributed by atoms with Crippen molar-refractivity contribution in [3.63, 3.8) is 0 Å². The van der Waals surface area contributed by atoms with Crippen molar-refractivity contribution < 1.29 is 9.84 Å². The minimum Gasteiger partial charge on any atom is -0.489 e. The molecule has 0 bridgehead atoms. The molecule has 1 aliphatic rings. The SMILES string of the molecule is Cc1cccc(C)c1N1CCN(C(C)(O)COc2ccc3ncccc3c2)CC1. The summed E-state index contributed by atoms with van der Waals surface area (Å²) in [5.41, 5.74) is 3.86. The number of benzene rings is 2. The summed E-state index contributed by atoms with van der Waals surface area (Å²) in [6.45, 7) is 9.77. The first-order valence-electron chi connectivity index (χ1n) is 10.2. The Labute approximate surface area is 172 Å². The summed E-state index contributed by atoms with van der Waals surface area (Å²) >= 11 is 0. The molecule has 1 fully saturated rings. The van der Waals surface area contributed by atoms with Crippen molar-refractivity contribution in [3.05, 3.63) is 65.9 Å². The summed E-state index contributed by atoms with van der Waals surface area (Å²) in [6, 6.07) is 16.2. The third-order valence-electron chi connectivity index (χ3n) is 5.80. The van der Waals surface area contributed by atoms with Crippen LogP contribution in [0.4, 0.5) is 5.69 Å². The van der Waals surface area contributed by atoms with Gasteiger partial charge in [-0.05, 0) is 56.2 Å². The molecule has 3 aromatic rings. The van der Waals surface area contributed by atoms with Gasteiger partial charge in [0.25, 0.3) is 0 Å². The Balaban J connectivity index is 1.38. The molecule has 0 radical (unpaired) electrons. The summed E-state index contributed by atoms with van der Waals surface area (Å²) in [6.07, 6.45) is 1.78. The second kappa shape index (κ2) is 8.01. The average Bonchev–Trinajstić information content (AvgIpc) is 2.72. The van der Waals surface area contributed by atoms with Gasteiger partial charge in [-0.15, -0.1) is 0 Å². The first-order chi connectivity index (χ1) is 13.9. The van der Waals surface area contributed by atoms with E-state index in [4.69, 9.17) is 4.74 Å². The van der Waals surface area contributed by atoms with Gasteiger partial charge in [-0.2, -0.15) is 0 Å². The van der Waals surface area contributed by atoms with Crippen LogP contribution in [0.5, 0.6) is 5.75 Å². The van der Waals surface area contributed by atoms with Gasteiger partial charge in [-0.25, -0.2) is 0 Å². The summed E-state index contributed by atoms with van der Waals surface area (Å²) in [5, 5.41) is 12.1. The number of aliphatic hydroxyl groups is 1. The molecule has 2 aromatic carbocycles. The maximum Gasteiger partial charge on any atom is 0.150 e. The van der Waals surface area contributed by atoms with Crippen molar-refractivity contribution in [3.8, 4) is 5.75 Å². The maximum atomic E-state index is 11.0. The molecule has 0 saturated carbocycles.